The molecule has 30 heavy (non-hydrogen) atoms. The molecule has 1 aromatic heterocycles. The van der Waals surface area contributed by atoms with Gasteiger partial charge in [-0.3, -0.25) is 15.5 Å². The summed E-state index contributed by atoms with van der Waals surface area (Å²) in [5, 5.41) is 11.7. The van der Waals surface area contributed by atoms with Gasteiger partial charge in [0.2, 0.25) is 11.6 Å². The third-order valence-electron chi connectivity index (χ3n) is 4.24. The van der Waals surface area contributed by atoms with Crippen molar-refractivity contribution in [3.8, 4) is 0 Å². The highest BCUT2D eigenvalue weighted by molar-refractivity contribution is 7.89. The van der Waals surface area contributed by atoms with Crippen LogP contribution in [0.2, 0.25) is 0 Å². The van der Waals surface area contributed by atoms with Gasteiger partial charge in [0.25, 0.3) is 10.0 Å². The zero-order valence-electron chi connectivity index (χ0n) is 16.3. The van der Waals surface area contributed by atoms with E-state index in [0.717, 1.165) is 17.5 Å². The van der Waals surface area contributed by atoms with E-state index in [0.29, 0.717) is 6.54 Å². The lowest BCUT2D eigenvalue weighted by Gasteiger charge is -2.19. The molecule has 156 valence electrons. The van der Waals surface area contributed by atoms with Crippen molar-refractivity contribution in [2.24, 2.45) is 0 Å². The molecule has 0 atom stereocenters. The van der Waals surface area contributed by atoms with Gasteiger partial charge in [-0.05, 0) is 24.6 Å². The van der Waals surface area contributed by atoms with Crippen molar-refractivity contribution in [3.63, 3.8) is 0 Å². The summed E-state index contributed by atoms with van der Waals surface area (Å²) in [5.74, 6) is -0.212. The zero-order chi connectivity index (χ0) is 21.7. The van der Waals surface area contributed by atoms with Crippen LogP contribution in [0, 0.1) is 17.0 Å². The largest absolute Gasteiger partial charge is 0.354 e. The summed E-state index contributed by atoms with van der Waals surface area (Å²) in [6.45, 7) is 2.20. The second-order valence-electron chi connectivity index (χ2n) is 6.54. The molecule has 0 aliphatic heterocycles. The van der Waals surface area contributed by atoms with Gasteiger partial charge in [-0.1, -0.05) is 48.0 Å². The number of nitrogens with zero attached hydrogens (tertiary/aromatic N) is 4. The summed E-state index contributed by atoms with van der Waals surface area (Å²) in [6, 6.07) is 15.6. The molecule has 0 amide bonds. The zero-order valence-corrected chi connectivity index (χ0v) is 17.1. The summed E-state index contributed by atoms with van der Waals surface area (Å²) in [5.41, 5.74) is 3.74. The van der Waals surface area contributed by atoms with Gasteiger partial charge in [0.05, 0.1) is 9.82 Å². The minimum atomic E-state index is -3.96. The number of hydrogen-bond donors (Lipinski definition) is 2. The predicted octanol–water partition coefficient (Wildman–Crippen LogP) is 2.64. The first-order chi connectivity index (χ1) is 14.3. The molecule has 2 aromatic carbocycles. The first-order valence-corrected chi connectivity index (χ1v) is 10.3. The summed E-state index contributed by atoms with van der Waals surface area (Å²) < 4.78 is 24.9. The quantitative estimate of drug-likeness (QED) is 0.414. The second kappa shape index (κ2) is 8.84. The van der Waals surface area contributed by atoms with Gasteiger partial charge < -0.3 is 4.90 Å². The molecule has 11 heteroatoms. The summed E-state index contributed by atoms with van der Waals surface area (Å²) in [4.78, 5) is 22.7. The van der Waals surface area contributed by atoms with Gasteiger partial charge in [0.15, 0.2) is 0 Å². The van der Waals surface area contributed by atoms with Gasteiger partial charge >= 0.3 is 5.69 Å². The van der Waals surface area contributed by atoms with Crippen LogP contribution in [0.1, 0.15) is 11.1 Å². The van der Waals surface area contributed by atoms with Gasteiger partial charge in [-0.15, -0.1) is 4.83 Å². The summed E-state index contributed by atoms with van der Waals surface area (Å²) in [6.07, 6.45) is 1.13. The normalized spacial score (nSPS) is 11.1. The fourth-order valence-corrected chi connectivity index (χ4v) is 3.58. The molecular formula is C19H20N6O4S. The highest BCUT2D eigenvalue weighted by Crippen LogP contribution is 2.31. The number of aromatic nitrogens is 2. The molecule has 0 bridgehead atoms. The van der Waals surface area contributed by atoms with Crippen LogP contribution in [-0.4, -0.2) is 30.4 Å². The van der Waals surface area contributed by atoms with Crippen molar-refractivity contribution in [1.82, 2.24) is 14.8 Å². The van der Waals surface area contributed by atoms with Crippen LogP contribution in [0.4, 0.5) is 17.3 Å². The van der Waals surface area contributed by atoms with Crippen molar-refractivity contribution in [3.05, 3.63) is 82.2 Å². The molecule has 3 aromatic rings. The minimum Gasteiger partial charge on any atom is -0.349 e. The number of nitro groups is 1. The van der Waals surface area contributed by atoms with E-state index in [1.807, 2.05) is 37.3 Å². The topological polar surface area (TPSA) is 130 Å². The SMILES string of the molecule is Cc1ccc(S(=O)(=O)NNc2ncnc(N(C)Cc3ccccc3)c2[N+](=O)[O-])cc1. The van der Waals surface area contributed by atoms with Crippen LogP contribution in [0.3, 0.4) is 0 Å². The lowest BCUT2D eigenvalue weighted by atomic mass is 10.2. The first kappa shape index (κ1) is 21.1. The fourth-order valence-electron chi connectivity index (χ4n) is 2.73. The van der Waals surface area contributed by atoms with E-state index >= 15 is 0 Å². The number of hydrazine groups is 1. The summed E-state index contributed by atoms with van der Waals surface area (Å²) >= 11 is 0. The Labute approximate surface area is 173 Å². The highest BCUT2D eigenvalue weighted by Gasteiger charge is 2.27. The molecule has 0 spiro atoms. The Morgan fingerprint density at radius 2 is 1.73 bits per heavy atom. The number of aryl methyl sites for hydroxylation is 1. The number of sulfonamides is 1. The molecule has 3 rings (SSSR count). The van der Waals surface area contributed by atoms with E-state index in [1.165, 1.54) is 12.1 Å². The molecule has 0 fully saturated rings. The van der Waals surface area contributed by atoms with E-state index in [1.54, 1.807) is 24.1 Å². The Morgan fingerprint density at radius 3 is 2.37 bits per heavy atom. The van der Waals surface area contributed by atoms with Crippen molar-refractivity contribution in [1.29, 1.82) is 0 Å². The van der Waals surface area contributed by atoms with Crippen LogP contribution in [0.5, 0.6) is 0 Å². The molecule has 0 saturated heterocycles. The van der Waals surface area contributed by atoms with E-state index in [2.05, 4.69) is 20.2 Å². The fraction of sp³-hybridized carbons (Fsp3) is 0.158. The maximum Gasteiger partial charge on any atom is 0.354 e. The predicted molar refractivity (Wildman–Crippen MR) is 112 cm³/mol. The lowest BCUT2D eigenvalue weighted by Crippen LogP contribution is -2.31. The van der Waals surface area contributed by atoms with Crippen LogP contribution >= 0.6 is 0 Å². The van der Waals surface area contributed by atoms with Crippen LogP contribution in [-0.2, 0) is 16.6 Å². The van der Waals surface area contributed by atoms with Gasteiger partial charge in [-0.2, -0.15) is 0 Å². The van der Waals surface area contributed by atoms with Gasteiger partial charge in [-0.25, -0.2) is 18.4 Å². The van der Waals surface area contributed by atoms with Crippen molar-refractivity contribution in [2.45, 2.75) is 18.4 Å². The molecule has 0 radical (unpaired) electrons. The third kappa shape index (κ3) is 4.88. The number of hydrogen-bond acceptors (Lipinski definition) is 8. The smallest absolute Gasteiger partial charge is 0.349 e. The number of nitrogens with one attached hydrogen (secondary N) is 2. The lowest BCUT2D eigenvalue weighted by molar-refractivity contribution is -0.383. The molecule has 10 nitrogen and oxygen atoms in total. The number of benzene rings is 2. The van der Waals surface area contributed by atoms with Gasteiger partial charge in [0, 0.05) is 13.6 Å². The Morgan fingerprint density at radius 1 is 1.07 bits per heavy atom. The van der Waals surface area contributed by atoms with Crippen LogP contribution < -0.4 is 15.2 Å². The molecule has 0 saturated carbocycles. The van der Waals surface area contributed by atoms with Gasteiger partial charge in [0.1, 0.15) is 6.33 Å². The van der Waals surface area contributed by atoms with Crippen molar-refractivity contribution < 1.29 is 13.3 Å². The van der Waals surface area contributed by atoms with E-state index in [4.69, 9.17) is 0 Å². The second-order valence-corrected chi connectivity index (χ2v) is 8.22. The molecule has 2 N–H and O–H groups in total. The Kier molecular flexibility index (Phi) is 6.23. The standard InChI is InChI=1S/C19H20N6O4S/c1-14-8-10-16(11-9-14)30(28,29)23-22-18-17(25(26)27)19(21-13-20-18)24(2)12-15-6-4-3-5-7-15/h3-11,13,23H,12H2,1-2H3,(H,20,21,22). The molecule has 0 aliphatic rings. The van der Waals surface area contributed by atoms with Crippen LogP contribution in [0.25, 0.3) is 0 Å². The van der Waals surface area contributed by atoms with Crippen molar-refractivity contribution >= 4 is 27.3 Å². The molecule has 0 unspecified atom stereocenters. The monoisotopic (exact) mass is 428 g/mol. The summed E-state index contributed by atoms with van der Waals surface area (Å²) in [7, 11) is -2.30. The highest BCUT2D eigenvalue weighted by atomic mass is 32.2. The third-order valence-corrected chi connectivity index (χ3v) is 5.51. The average molecular weight is 428 g/mol. The maximum atomic E-state index is 12.5. The van der Waals surface area contributed by atoms with E-state index < -0.39 is 20.6 Å². The Balaban J connectivity index is 1.85. The maximum absolute atomic E-state index is 12.5. The number of rotatable bonds is 8. The molecule has 1 heterocycles. The Hall–Kier alpha value is -3.57. The number of anilines is 2. The molecular weight excluding hydrogens is 408 g/mol. The first-order valence-electron chi connectivity index (χ1n) is 8.87. The van der Waals surface area contributed by atoms with Crippen LogP contribution in [0.15, 0.2) is 65.8 Å². The van der Waals surface area contributed by atoms with Crippen molar-refractivity contribution in [2.75, 3.05) is 17.4 Å². The molecule has 0 aliphatic carbocycles. The van der Waals surface area contributed by atoms with E-state index in [-0.39, 0.29) is 16.5 Å². The minimum absolute atomic E-state index is 0.0127. The van der Waals surface area contributed by atoms with E-state index in [9.17, 15) is 18.5 Å². The average Bonchev–Trinajstić information content (AvgIpc) is 2.73. The Bertz CT molecular complexity index is 1140.